The number of hydrogen-bond donors (Lipinski definition) is 1. The molecule has 0 saturated carbocycles. The van der Waals surface area contributed by atoms with Crippen molar-refractivity contribution >= 4 is 13.8 Å². The highest BCUT2D eigenvalue weighted by molar-refractivity contribution is 7.47. The maximum atomic E-state index is 12.4. The molecule has 2 unspecified atom stereocenters. The van der Waals surface area contributed by atoms with E-state index in [1.807, 2.05) is 21.1 Å². The first-order chi connectivity index (χ1) is 23.1. The molecule has 8 nitrogen and oxygen atoms in total. The van der Waals surface area contributed by atoms with Crippen molar-refractivity contribution in [2.45, 2.75) is 155 Å². The van der Waals surface area contributed by atoms with Crippen LogP contribution in [0.25, 0.3) is 0 Å². The van der Waals surface area contributed by atoms with Crippen LogP contribution in [0.15, 0.2) is 36.5 Å². The molecule has 0 aliphatic heterocycles. The van der Waals surface area contributed by atoms with E-state index in [9.17, 15) is 14.3 Å². The fourth-order valence-corrected chi connectivity index (χ4v) is 5.65. The Hall–Kier alpha value is -1.28. The van der Waals surface area contributed by atoms with Crippen LogP contribution in [-0.4, -0.2) is 75.6 Å². The average Bonchev–Trinajstić information content (AvgIpc) is 3.03. The first-order valence-electron chi connectivity index (χ1n) is 19.2. The van der Waals surface area contributed by atoms with Crippen molar-refractivity contribution < 1.29 is 37.3 Å². The number of hydrogen-bond acceptors (Lipinski definition) is 6. The Morgan fingerprint density at radius 3 is 1.71 bits per heavy atom. The van der Waals surface area contributed by atoms with Crippen LogP contribution in [0.4, 0.5) is 0 Å². The van der Waals surface area contributed by atoms with Crippen molar-refractivity contribution in [3.63, 3.8) is 0 Å². The zero-order valence-corrected chi connectivity index (χ0v) is 32.6. The number of phosphoric ester groups is 1. The lowest BCUT2D eigenvalue weighted by Gasteiger charge is -2.24. The topological polar surface area (TPSA) is 91.3 Å². The molecule has 0 spiro atoms. The van der Waals surface area contributed by atoms with Gasteiger partial charge in [0.1, 0.15) is 19.3 Å². The van der Waals surface area contributed by atoms with Crippen molar-refractivity contribution in [3.8, 4) is 0 Å². The third-order valence-electron chi connectivity index (χ3n) is 7.95. The number of likely N-dealkylation sites (N-methyl/N-ethyl adjacent to an activating group) is 1. The summed E-state index contributed by atoms with van der Waals surface area (Å²) in [5.41, 5.74) is 0. The molecule has 0 bridgehead atoms. The minimum absolute atomic E-state index is 0.0857. The van der Waals surface area contributed by atoms with Crippen molar-refractivity contribution in [3.05, 3.63) is 36.5 Å². The molecule has 48 heavy (non-hydrogen) atoms. The summed E-state index contributed by atoms with van der Waals surface area (Å²) in [7, 11) is 1.65. The monoisotopic (exact) mass is 701 g/mol. The van der Waals surface area contributed by atoms with Crippen molar-refractivity contribution in [1.82, 2.24) is 0 Å². The summed E-state index contributed by atoms with van der Waals surface area (Å²) in [6.07, 6.45) is 36.6. The van der Waals surface area contributed by atoms with Gasteiger partial charge in [-0.05, 0) is 51.4 Å². The number of allylic oxidation sites excluding steroid dienone is 6. The van der Waals surface area contributed by atoms with Crippen LogP contribution < -0.4 is 0 Å². The van der Waals surface area contributed by atoms with E-state index in [2.05, 4.69) is 50.3 Å². The van der Waals surface area contributed by atoms with Gasteiger partial charge in [0.05, 0.1) is 34.4 Å². The zero-order chi connectivity index (χ0) is 35.6. The summed E-state index contributed by atoms with van der Waals surface area (Å²) >= 11 is 0. The molecule has 0 saturated heterocycles. The molecule has 0 aromatic rings. The molecule has 0 aromatic carbocycles. The molecule has 0 radical (unpaired) electrons. The summed E-state index contributed by atoms with van der Waals surface area (Å²) in [5, 5.41) is 0. The lowest BCUT2D eigenvalue weighted by molar-refractivity contribution is -0.870. The average molecular weight is 701 g/mol. The largest absolute Gasteiger partial charge is 0.472 e. The maximum Gasteiger partial charge on any atom is 0.472 e. The normalized spacial score (nSPS) is 14.4. The molecule has 0 amide bonds. The van der Waals surface area contributed by atoms with Crippen LogP contribution in [-0.2, 0) is 27.9 Å². The molecule has 2 atom stereocenters. The van der Waals surface area contributed by atoms with Gasteiger partial charge in [0.25, 0.3) is 0 Å². The molecule has 0 aliphatic rings. The first kappa shape index (κ1) is 46.7. The van der Waals surface area contributed by atoms with E-state index in [0.29, 0.717) is 24.1 Å². The summed E-state index contributed by atoms with van der Waals surface area (Å²) in [4.78, 5) is 22.4. The fraction of sp³-hybridized carbons (Fsp3) is 0.821. The van der Waals surface area contributed by atoms with E-state index < -0.39 is 13.9 Å². The van der Waals surface area contributed by atoms with E-state index in [1.165, 1.54) is 70.6 Å². The van der Waals surface area contributed by atoms with Gasteiger partial charge < -0.3 is 18.9 Å². The summed E-state index contributed by atoms with van der Waals surface area (Å²) in [5.74, 6) is -0.337. The quantitative estimate of drug-likeness (QED) is 0.0231. The van der Waals surface area contributed by atoms with Gasteiger partial charge >= 0.3 is 13.8 Å². The number of unbranched alkanes of at least 4 members (excludes halogenated alkanes) is 15. The lowest BCUT2D eigenvalue weighted by Crippen LogP contribution is -2.37. The van der Waals surface area contributed by atoms with Gasteiger partial charge in [0.15, 0.2) is 0 Å². The molecule has 0 rings (SSSR count). The van der Waals surface area contributed by atoms with Crippen molar-refractivity contribution in [2.75, 3.05) is 54.1 Å². The molecule has 0 heterocycles. The number of esters is 1. The Morgan fingerprint density at radius 2 is 1.15 bits per heavy atom. The van der Waals surface area contributed by atoms with Gasteiger partial charge in [0.2, 0.25) is 0 Å². The fourth-order valence-electron chi connectivity index (χ4n) is 4.91. The predicted molar refractivity (Wildman–Crippen MR) is 201 cm³/mol. The van der Waals surface area contributed by atoms with Crippen LogP contribution in [0.2, 0.25) is 0 Å². The van der Waals surface area contributed by atoms with Crippen LogP contribution in [0.3, 0.4) is 0 Å². The molecular formula is C39H75NO7P+. The molecule has 0 fully saturated rings. The molecule has 0 aliphatic carbocycles. The Labute approximate surface area is 295 Å². The third kappa shape index (κ3) is 36.0. The number of phosphoric acid groups is 1. The van der Waals surface area contributed by atoms with Gasteiger partial charge in [-0.25, -0.2) is 4.57 Å². The number of rotatable bonds is 35. The second-order valence-corrected chi connectivity index (χ2v) is 15.4. The second kappa shape index (κ2) is 32.9. The minimum atomic E-state index is -4.25. The van der Waals surface area contributed by atoms with Gasteiger partial charge in [-0.2, -0.15) is 0 Å². The SMILES string of the molecule is CCCCCCC/C=C\C/C=C\C/C=C\CCCCCCCCCOCC(COP(=O)(O)OCC[N+](C)(C)C)OC(=O)CCCCCC. The van der Waals surface area contributed by atoms with Crippen LogP contribution in [0.5, 0.6) is 0 Å². The highest BCUT2D eigenvalue weighted by Crippen LogP contribution is 2.43. The summed E-state index contributed by atoms with van der Waals surface area (Å²) < 4.78 is 34.5. The zero-order valence-electron chi connectivity index (χ0n) is 31.7. The van der Waals surface area contributed by atoms with E-state index in [-0.39, 0.29) is 25.8 Å². The Balaban J connectivity index is 4.02. The summed E-state index contributed by atoms with van der Waals surface area (Å²) in [6, 6.07) is 0. The third-order valence-corrected chi connectivity index (χ3v) is 8.94. The van der Waals surface area contributed by atoms with E-state index in [1.54, 1.807) is 0 Å². The molecule has 0 aromatic heterocycles. The van der Waals surface area contributed by atoms with Crippen molar-refractivity contribution in [1.29, 1.82) is 0 Å². The van der Waals surface area contributed by atoms with Gasteiger partial charge in [-0.15, -0.1) is 0 Å². The second-order valence-electron chi connectivity index (χ2n) is 14.0. The predicted octanol–water partition coefficient (Wildman–Crippen LogP) is 10.7. The van der Waals surface area contributed by atoms with Crippen LogP contribution in [0.1, 0.15) is 149 Å². The maximum absolute atomic E-state index is 12.4. The molecule has 1 N–H and O–H groups in total. The number of nitrogens with zero attached hydrogens (tertiary/aromatic N) is 1. The van der Waals surface area contributed by atoms with E-state index in [0.717, 1.165) is 57.8 Å². The number of carbonyl (C=O) groups is 1. The smallest absolute Gasteiger partial charge is 0.457 e. The highest BCUT2D eigenvalue weighted by Gasteiger charge is 2.26. The Kier molecular flexibility index (Phi) is 32.0. The number of carbonyl (C=O) groups excluding carboxylic acids is 1. The Bertz CT molecular complexity index is 869. The van der Waals surface area contributed by atoms with E-state index in [4.69, 9.17) is 18.5 Å². The molecular weight excluding hydrogens is 625 g/mol. The number of quaternary nitrogens is 1. The van der Waals surface area contributed by atoms with Gasteiger partial charge in [0, 0.05) is 13.0 Å². The summed E-state index contributed by atoms with van der Waals surface area (Å²) in [6.45, 7) is 5.45. The van der Waals surface area contributed by atoms with Crippen LogP contribution in [0, 0.1) is 0 Å². The van der Waals surface area contributed by atoms with Crippen LogP contribution >= 0.6 is 7.82 Å². The minimum Gasteiger partial charge on any atom is -0.457 e. The molecule has 282 valence electrons. The van der Waals surface area contributed by atoms with E-state index >= 15 is 0 Å². The number of ether oxygens (including phenoxy) is 2. The standard InChI is InChI=1S/C39H74NO7P/c1-6-8-10-12-13-14-15-16-17-18-19-20-21-22-23-24-25-26-27-28-29-31-34-44-36-38(47-39(41)32-30-11-9-7-2)37-46-48(42,43)45-35-33-40(3,4)5/h15-16,18-19,21-22,38H,6-14,17,20,23-37H2,1-5H3/p+1/b16-15-,19-18-,22-21-. The van der Waals surface area contributed by atoms with Crippen molar-refractivity contribution in [2.24, 2.45) is 0 Å². The Morgan fingerprint density at radius 1 is 0.646 bits per heavy atom. The highest BCUT2D eigenvalue weighted by atomic mass is 31.2. The van der Waals surface area contributed by atoms with Gasteiger partial charge in [-0.1, -0.05) is 127 Å². The molecule has 9 heteroatoms. The first-order valence-corrected chi connectivity index (χ1v) is 20.7. The van der Waals surface area contributed by atoms with Gasteiger partial charge in [-0.3, -0.25) is 13.8 Å². The lowest BCUT2D eigenvalue weighted by atomic mass is 10.1.